The summed E-state index contributed by atoms with van der Waals surface area (Å²) in [5, 5.41) is 8.66. The first-order valence-corrected chi connectivity index (χ1v) is 4.92. The van der Waals surface area contributed by atoms with Gasteiger partial charge in [-0.05, 0) is 12.5 Å². The van der Waals surface area contributed by atoms with E-state index in [0.717, 1.165) is 11.1 Å². The molecule has 0 atom stereocenters. The molecular weight excluding hydrogens is 222 g/mol. The fourth-order valence-corrected chi connectivity index (χ4v) is 1.13. The molecule has 0 aliphatic rings. The highest BCUT2D eigenvalue weighted by Crippen LogP contribution is 2.07. The van der Waals surface area contributed by atoms with Crippen LogP contribution in [0.25, 0.3) is 0 Å². The van der Waals surface area contributed by atoms with Gasteiger partial charge in [0.1, 0.15) is 6.61 Å². The third-order valence-corrected chi connectivity index (χ3v) is 2.11. The Hall–Kier alpha value is -2.21. The van der Waals surface area contributed by atoms with E-state index in [1.807, 2.05) is 31.2 Å². The molecule has 0 aliphatic carbocycles. The normalized spacial score (nSPS) is 11.6. The molecule has 1 aromatic rings. The molecule has 17 heavy (non-hydrogen) atoms. The number of nitrogens with two attached hydrogens (primary N) is 2. The van der Waals surface area contributed by atoms with Gasteiger partial charge in [0, 0.05) is 0 Å². The van der Waals surface area contributed by atoms with Gasteiger partial charge >= 0.3 is 5.97 Å². The van der Waals surface area contributed by atoms with Crippen LogP contribution in [0.15, 0.2) is 35.8 Å². The Labute approximate surface area is 98.8 Å². The Morgan fingerprint density at radius 1 is 1.41 bits per heavy atom. The van der Waals surface area contributed by atoms with Crippen molar-refractivity contribution in [2.45, 2.75) is 13.5 Å². The number of benzene rings is 1. The fourth-order valence-electron chi connectivity index (χ4n) is 1.13. The van der Waals surface area contributed by atoms with Gasteiger partial charge in [0.2, 0.25) is 5.88 Å². The third-order valence-electron chi connectivity index (χ3n) is 2.11. The van der Waals surface area contributed by atoms with E-state index in [9.17, 15) is 4.79 Å². The van der Waals surface area contributed by atoms with Crippen molar-refractivity contribution in [1.82, 2.24) is 5.43 Å². The third kappa shape index (κ3) is 3.69. The van der Waals surface area contributed by atoms with Crippen molar-refractivity contribution in [2.75, 3.05) is 0 Å². The Bertz CT molecular complexity index is 426. The van der Waals surface area contributed by atoms with Gasteiger partial charge in [0.25, 0.3) is 0 Å². The van der Waals surface area contributed by atoms with Crippen LogP contribution < -0.4 is 17.0 Å². The summed E-state index contributed by atoms with van der Waals surface area (Å²) in [6.45, 7) is 2.16. The van der Waals surface area contributed by atoms with Crippen molar-refractivity contribution < 1.29 is 14.6 Å². The lowest BCUT2D eigenvalue weighted by Crippen LogP contribution is -2.29. The molecule has 0 aromatic heterocycles. The molecule has 6 N–H and O–H groups in total. The highest BCUT2D eigenvalue weighted by molar-refractivity contribution is 5.85. The molecule has 0 saturated heterocycles. The molecular formula is C11H15N3O3. The summed E-state index contributed by atoms with van der Waals surface area (Å²) in [5.41, 5.74) is 8.95. The number of hydrazine groups is 1. The standard InChI is InChI=1S/C11H15N3O3/c1-7-2-4-8(5-3-7)6-17-10(14-13)9(12)11(15)16/h2-5,14H,6,12-13H2,1H3,(H,15,16)/b10-9+. The summed E-state index contributed by atoms with van der Waals surface area (Å²) in [6.07, 6.45) is 0. The van der Waals surface area contributed by atoms with Crippen molar-refractivity contribution in [2.24, 2.45) is 11.6 Å². The van der Waals surface area contributed by atoms with Crippen LogP contribution in [-0.4, -0.2) is 11.1 Å². The molecule has 0 spiro atoms. The number of ether oxygens (including phenoxy) is 1. The molecule has 0 radical (unpaired) electrons. The first kappa shape index (κ1) is 12.9. The largest absolute Gasteiger partial charge is 0.476 e. The maximum atomic E-state index is 10.6. The first-order valence-electron chi connectivity index (χ1n) is 4.92. The second-order valence-corrected chi connectivity index (χ2v) is 3.47. The van der Waals surface area contributed by atoms with Crippen LogP contribution in [0.4, 0.5) is 0 Å². The van der Waals surface area contributed by atoms with Gasteiger partial charge in [-0.3, -0.25) is 5.43 Å². The SMILES string of the molecule is Cc1ccc(CO/C(NN)=C(/N)C(=O)O)cc1. The summed E-state index contributed by atoms with van der Waals surface area (Å²) in [5.74, 6) is 3.68. The van der Waals surface area contributed by atoms with E-state index in [2.05, 4.69) is 5.43 Å². The smallest absolute Gasteiger partial charge is 0.357 e. The Kier molecular flexibility index (Phi) is 4.36. The fraction of sp³-hybridized carbons (Fsp3) is 0.182. The van der Waals surface area contributed by atoms with Gasteiger partial charge in [-0.1, -0.05) is 29.8 Å². The molecule has 0 bridgehead atoms. The average Bonchev–Trinajstić information content (AvgIpc) is 2.31. The van der Waals surface area contributed by atoms with Crippen LogP contribution in [0.2, 0.25) is 0 Å². The summed E-state index contributed by atoms with van der Waals surface area (Å²) in [6, 6.07) is 7.61. The summed E-state index contributed by atoms with van der Waals surface area (Å²) in [7, 11) is 0. The minimum Gasteiger partial charge on any atom is -0.476 e. The van der Waals surface area contributed by atoms with Crippen molar-refractivity contribution in [1.29, 1.82) is 0 Å². The lowest BCUT2D eigenvalue weighted by molar-refractivity contribution is -0.133. The van der Waals surface area contributed by atoms with E-state index >= 15 is 0 Å². The molecule has 0 unspecified atom stereocenters. The van der Waals surface area contributed by atoms with Gasteiger partial charge in [-0.15, -0.1) is 0 Å². The average molecular weight is 237 g/mol. The topological polar surface area (TPSA) is 111 Å². The van der Waals surface area contributed by atoms with Gasteiger partial charge in [-0.25, -0.2) is 10.6 Å². The first-order chi connectivity index (χ1) is 8.04. The molecule has 1 aromatic carbocycles. The van der Waals surface area contributed by atoms with E-state index in [4.69, 9.17) is 21.4 Å². The quantitative estimate of drug-likeness (QED) is 0.252. The van der Waals surface area contributed by atoms with Crippen LogP contribution in [0, 0.1) is 6.92 Å². The van der Waals surface area contributed by atoms with Gasteiger partial charge in [-0.2, -0.15) is 0 Å². The van der Waals surface area contributed by atoms with Gasteiger partial charge in [0.15, 0.2) is 5.70 Å². The Morgan fingerprint density at radius 2 is 2.00 bits per heavy atom. The van der Waals surface area contributed by atoms with Crippen molar-refractivity contribution >= 4 is 5.97 Å². The predicted molar refractivity (Wildman–Crippen MR) is 62.1 cm³/mol. The molecule has 0 fully saturated rings. The minimum atomic E-state index is -1.29. The maximum Gasteiger partial charge on any atom is 0.357 e. The molecule has 0 heterocycles. The van der Waals surface area contributed by atoms with Gasteiger partial charge < -0.3 is 15.6 Å². The predicted octanol–water partition coefficient (Wildman–Crippen LogP) is 0.187. The zero-order valence-electron chi connectivity index (χ0n) is 9.43. The number of carboxylic acid groups (broad SMARTS) is 1. The van der Waals surface area contributed by atoms with Crippen molar-refractivity contribution in [3.63, 3.8) is 0 Å². The summed E-state index contributed by atoms with van der Waals surface area (Å²) >= 11 is 0. The number of rotatable bonds is 5. The van der Waals surface area contributed by atoms with Crippen LogP contribution >= 0.6 is 0 Å². The number of carboxylic acids is 1. The molecule has 92 valence electrons. The second-order valence-electron chi connectivity index (χ2n) is 3.47. The molecule has 6 nitrogen and oxygen atoms in total. The van der Waals surface area contributed by atoms with Crippen LogP contribution in [-0.2, 0) is 16.1 Å². The van der Waals surface area contributed by atoms with E-state index in [1.165, 1.54) is 0 Å². The highest BCUT2D eigenvalue weighted by atomic mass is 16.5. The zero-order chi connectivity index (χ0) is 12.8. The molecule has 0 aliphatic heterocycles. The monoisotopic (exact) mass is 237 g/mol. The molecule has 6 heteroatoms. The van der Waals surface area contributed by atoms with E-state index in [1.54, 1.807) is 0 Å². The van der Waals surface area contributed by atoms with Crippen LogP contribution in [0.3, 0.4) is 0 Å². The minimum absolute atomic E-state index is 0.155. The lowest BCUT2D eigenvalue weighted by atomic mass is 10.2. The number of aryl methyl sites for hydroxylation is 1. The van der Waals surface area contributed by atoms with E-state index in [-0.39, 0.29) is 12.5 Å². The highest BCUT2D eigenvalue weighted by Gasteiger charge is 2.11. The number of nitrogens with one attached hydrogen (secondary N) is 1. The summed E-state index contributed by atoms with van der Waals surface area (Å²) < 4.78 is 5.18. The lowest BCUT2D eigenvalue weighted by Gasteiger charge is -2.11. The Balaban J connectivity index is 2.69. The Morgan fingerprint density at radius 3 is 2.47 bits per heavy atom. The molecule has 1 rings (SSSR count). The van der Waals surface area contributed by atoms with Crippen LogP contribution in [0.5, 0.6) is 0 Å². The van der Waals surface area contributed by atoms with Crippen LogP contribution in [0.1, 0.15) is 11.1 Å². The van der Waals surface area contributed by atoms with Crippen molar-refractivity contribution in [3.05, 3.63) is 47.0 Å². The maximum absolute atomic E-state index is 10.6. The number of hydrogen-bond acceptors (Lipinski definition) is 5. The second kappa shape index (κ2) is 5.76. The number of aliphatic carboxylic acids is 1. The van der Waals surface area contributed by atoms with Gasteiger partial charge in [0.05, 0.1) is 0 Å². The van der Waals surface area contributed by atoms with Crippen molar-refractivity contribution in [3.8, 4) is 0 Å². The van der Waals surface area contributed by atoms with E-state index in [0.29, 0.717) is 0 Å². The van der Waals surface area contributed by atoms with E-state index < -0.39 is 11.7 Å². The molecule has 0 amide bonds. The number of hydrogen-bond donors (Lipinski definition) is 4. The number of carbonyl (C=O) groups is 1. The molecule has 0 saturated carbocycles. The summed E-state index contributed by atoms with van der Waals surface area (Å²) in [4.78, 5) is 10.6. The zero-order valence-corrected chi connectivity index (χ0v) is 9.43.